The van der Waals surface area contributed by atoms with Crippen LogP contribution in [-0.2, 0) is 7.05 Å². The summed E-state index contributed by atoms with van der Waals surface area (Å²) in [7, 11) is 1.77. The number of H-pyrrole nitrogens is 1. The number of aromatic amines is 1. The molecule has 0 unspecified atom stereocenters. The Bertz CT molecular complexity index is 727. The van der Waals surface area contributed by atoms with Crippen LogP contribution < -0.4 is 5.56 Å². The number of fused-ring (bicyclic) bond motifs is 1. The number of aryl methyl sites for hydroxylation is 1. The molecular formula is C12H10N4O. The van der Waals surface area contributed by atoms with E-state index in [4.69, 9.17) is 0 Å². The van der Waals surface area contributed by atoms with E-state index in [2.05, 4.69) is 15.1 Å². The Morgan fingerprint density at radius 1 is 1.29 bits per heavy atom. The van der Waals surface area contributed by atoms with Crippen LogP contribution in [0.25, 0.3) is 22.2 Å². The summed E-state index contributed by atoms with van der Waals surface area (Å²) in [5.74, 6) is 0. The SMILES string of the molecule is Cn1[nH]c(=O)c2c(-c3cccnc3)ccnc21. The van der Waals surface area contributed by atoms with E-state index in [1.165, 1.54) is 0 Å². The number of hydrogen-bond donors (Lipinski definition) is 1. The fraction of sp³-hybridized carbons (Fsp3) is 0.0833. The van der Waals surface area contributed by atoms with Crippen LogP contribution in [0, 0.1) is 0 Å². The smallest absolute Gasteiger partial charge is 0.270 e. The topological polar surface area (TPSA) is 63.6 Å². The average Bonchev–Trinajstić information content (AvgIpc) is 2.66. The van der Waals surface area contributed by atoms with E-state index in [-0.39, 0.29) is 5.56 Å². The van der Waals surface area contributed by atoms with Crippen LogP contribution in [0.2, 0.25) is 0 Å². The number of rotatable bonds is 1. The normalized spacial score (nSPS) is 10.9. The maximum atomic E-state index is 11.9. The molecule has 5 nitrogen and oxygen atoms in total. The predicted molar refractivity (Wildman–Crippen MR) is 64.6 cm³/mol. The Labute approximate surface area is 96.7 Å². The molecule has 0 aliphatic heterocycles. The van der Waals surface area contributed by atoms with Gasteiger partial charge in [-0.2, -0.15) is 0 Å². The molecule has 3 aromatic heterocycles. The minimum atomic E-state index is -0.130. The van der Waals surface area contributed by atoms with Crippen LogP contribution in [0.4, 0.5) is 0 Å². The molecule has 0 atom stereocenters. The lowest BCUT2D eigenvalue weighted by Crippen LogP contribution is -2.02. The van der Waals surface area contributed by atoms with E-state index < -0.39 is 0 Å². The number of nitrogens with one attached hydrogen (secondary N) is 1. The Kier molecular flexibility index (Phi) is 2.04. The van der Waals surface area contributed by atoms with Crippen molar-refractivity contribution in [2.75, 3.05) is 0 Å². The van der Waals surface area contributed by atoms with Crippen LogP contribution in [0.15, 0.2) is 41.6 Å². The zero-order valence-electron chi connectivity index (χ0n) is 9.21. The first-order valence-corrected chi connectivity index (χ1v) is 5.21. The summed E-state index contributed by atoms with van der Waals surface area (Å²) in [6, 6.07) is 5.60. The summed E-state index contributed by atoms with van der Waals surface area (Å²) in [4.78, 5) is 20.1. The van der Waals surface area contributed by atoms with Crippen LogP contribution in [0.3, 0.4) is 0 Å². The summed E-state index contributed by atoms with van der Waals surface area (Å²) in [6.07, 6.45) is 5.14. The standard InChI is InChI=1S/C12H10N4O/c1-16-11-10(12(17)15-16)9(4-6-14-11)8-3-2-5-13-7-8/h2-7H,1H3,(H,15,17). The minimum Gasteiger partial charge on any atom is -0.270 e. The molecular weight excluding hydrogens is 216 g/mol. The fourth-order valence-electron chi connectivity index (χ4n) is 1.95. The Balaban J connectivity index is 2.42. The number of pyridine rings is 2. The second-order valence-corrected chi connectivity index (χ2v) is 3.80. The molecule has 5 heteroatoms. The molecule has 0 saturated heterocycles. The second-order valence-electron chi connectivity index (χ2n) is 3.80. The van der Waals surface area contributed by atoms with E-state index in [1.54, 1.807) is 30.3 Å². The molecule has 0 aromatic carbocycles. The molecule has 0 aliphatic rings. The number of hydrogen-bond acceptors (Lipinski definition) is 3. The van der Waals surface area contributed by atoms with Gasteiger partial charge in [0.05, 0.1) is 5.39 Å². The molecule has 0 bridgehead atoms. The Hall–Kier alpha value is -2.43. The molecule has 0 radical (unpaired) electrons. The zero-order valence-corrected chi connectivity index (χ0v) is 9.21. The van der Waals surface area contributed by atoms with Crippen molar-refractivity contribution in [3.63, 3.8) is 0 Å². The maximum Gasteiger partial charge on any atom is 0.274 e. The molecule has 3 heterocycles. The van der Waals surface area contributed by atoms with Crippen molar-refractivity contribution < 1.29 is 0 Å². The van der Waals surface area contributed by atoms with Crippen molar-refractivity contribution >= 4 is 11.0 Å². The fourth-order valence-corrected chi connectivity index (χ4v) is 1.95. The lowest BCUT2D eigenvalue weighted by molar-refractivity contribution is 0.774. The summed E-state index contributed by atoms with van der Waals surface area (Å²) < 4.78 is 1.62. The molecule has 0 saturated carbocycles. The molecule has 84 valence electrons. The Morgan fingerprint density at radius 3 is 2.94 bits per heavy atom. The molecule has 0 aliphatic carbocycles. The van der Waals surface area contributed by atoms with E-state index >= 15 is 0 Å². The first-order valence-electron chi connectivity index (χ1n) is 5.21. The van der Waals surface area contributed by atoms with Gasteiger partial charge in [-0.3, -0.25) is 19.6 Å². The van der Waals surface area contributed by atoms with Crippen LogP contribution in [-0.4, -0.2) is 19.7 Å². The average molecular weight is 226 g/mol. The highest BCUT2D eigenvalue weighted by molar-refractivity contribution is 5.91. The van der Waals surface area contributed by atoms with Gasteiger partial charge in [-0.15, -0.1) is 0 Å². The lowest BCUT2D eigenvalue weighted by atomic mass is 10.1. The van der Waals surface area contributed by atoms with Gasteiger partial charge in [0.25, 0.3) is 5.56 Å². The van der Waals surface area contributed by atoms with Crippen molar-refractivity contribution in [2.24, 2.45) is 7.05 Å². The van der Waals surface area contributed by atoms with Crippen molar-refractivity contribution in [3.8, 4) is 11.1 Å². The van der Waals surface area contributed by atoms with Gasteiger partial charge in [-0.25, -0.2) is 4.98 Å². The Morgan fingerprint density at radius 2 is 2.18 bits per heavy atom. The molecule has 0 fully saturated rings. The van der Waals surface area contributed by atoms with E-state index in [1.807, 2.05) is 18.2 Å². The van der Waals surface area contributed by atoms with Crippen LogP contribution in [0.5, 0.6) is 0 Å². The van der Waals surface area contributed by atoms with Gasteiger partial charge in [0, 0.05) is 36.8 Å². The van der Waals surface area contributed by atoms with Crippen molar-refractivity contribution in [3.05, 3.63) is 47.1 Å². The van der Waals surface area contributed by atoms with Gasteiger partial charge in [-0.05, 0) is 12.1 Å². The summed E-state index contributed by atoms with van der Waals surface area (Å²) in [5.41, 5.74) is 2.28. The number of nitrogens with zero attached hydrogens (tertiary/aromatic N) is 3. The van der Waals surface area contributed by atoms with Crippen molar-refractivity contribution in [1.29, 1.82) is 0 Å². The first kappa shape index (κ1) is 9.77. The van der Waals surface area contributed by atoms with Crippen molar-refractivity contribution in [1.82, 2.24) is 19.7 Å². The van der Waals surface area contributed by atoms with Gasteiger partial charge < -0.3 is 0 Å². The highest BCUT2D eigenvalue weighted by Gasteiger charge is 2.11. The molecule has 17 heavy (non-hydrogen) atoms. The molecule has 3 aromatic rings. The minimum absolute atomic E-state index is 0.130. The third-order valence-electron chi connectivity index (χ3n) is 2.72. The van der Waals surface area contributed by atoms with Crippen molar-refractivity contribution in [2.45, 2.75) is 0 Å². The third-order valence-corrected chi connectivity index (χ3v) is 2.72. The predicted octanol–water partition coefficient (Wildman–Crippen LogP) is 1.32. The summed E-state index contributed by atoms with van der Waals surface area (Å²) in [6.45, 7) is 0. The summed E-state index contributed by atoms with van der Waals surface area (Å²) >= 11 is 0. The lowest BCUT2D eigenvalue weighted by Gasteiger charge is -2.01. The maximum absolute atomic E-state index is 11.9. The monoisotopic (exact) mass is 226 g/mol. The van der Waals surface area contributed by atoms with E-state index in [0.29, 0.717) is 11.0 Å². The molecule has 0 spiro atoms. The van der Waals surface area contributed by atoms with Gasteiger partial charge in [-0.1, -0.05) is 6.07 Å². The van der Waals surface area contributed by atoms with Crippen LogP contribution >= 0.6 is 0 Å². The largest absolute Gasteiger partial charge is 0.274 e. The molecule has 3 rings (SSSR count). The van der Waals surface area contributed by atoms with E-state index in [0.717, 1.165) is 11.1 Å². The van der Waals surface area contributed by atoms with Crippen LogP contribution in [0.1, 0.15) is 0 Å². The van der Waals surface area contributed by atoms with Gasteiger partial charge >= 0.3 is 0 Å². The molecule has 1 N–H and O–H groups in total. The highest BCUT2D eigenvalue weighted by atomic mass is 16.1. The van der Waals surface area contributed by atoms with Gasteiger partial charge in [0.1, 0.15) is 0 Å². The van der Waals surface area contributed by atoms with Gasteiger partial charge in [0.2, 0.25) is 0 Å². The first-order chi connectivity index (χ1) is 8.27. The second kappa shape index (κ2) is 3.55. The highest BCUT2D eigenvalue weighted by Crippen LogP contribution is 2.23. The zero-order chi connectivity index (χ0) is 11.8. The van der Waals surface area contributed by atoms with E-state index in [9.17, 15) is 4.79 Å². The quantitative estimate of drug-likeness (QED) is 0.680. The number of aromatic nitrogens is 4. The molecule has 0 amide bonds. The third kappa shape index (κ3) is 1.44. The van der Waals surface area contributed by atoms with Gasteiger partial charge in [0.15, 0.2) is 5.65 Å². The summed E-state index contributed by atoms with van der Waals surface area (Å²) in [5, 5.41) is 3.30.